The summed E-state index contributed by atoms with van der Waals surface area (Å²) in [5, 5.41) is 14.1. The number of piperazine rings is 1. The zero-order valence-corrected chi connectivity index (χ0v) is 18.8. The Hall–Kier alpha value is -2.68. The minimum absolute atomic E-state index is 0.0103. The molecule has 1 aliphatic rings. The highest BCUT2D eigenvalue weighted by Crippen LogP contribution is 2.26. The van der Waals surface area contributed by atoms with Gasteiger partial charge in [0.25, 0.3) is 11.6 Å². The lowest BCUT2D eigenvalue weighted by Crippen LogP contribution is -2.48. The highest BCUT2D eigenvalue weighted by atomic mass is 35.5. The first-order chi connectivity index (χ1) is 14.8. The van der Waals surface area contributed by atoms with E-state index in [9.17, 15) is 14.9 Å². The van der Waals surface area contributed by atoms with Crippen LogP contribution in [0.25, 0.3) is 0 Å². The number of amides is 1. The Labute approximate surface area is 187 Å². The van der Waals surface area contributed by atoms with Crippen molar-refractivity contribution >= 4 is 28.9 Å². The smallest absolute Gasteiger partial charge is 0.288 e. The third kappa shape index (κ3) is 5.72. The number of nitrogens with zero attached hydrogens (tertiary/aromatic N) is 4. The van der Waals surface area contributed by atoms with Crippen LogP contribution in [0.2, 0.25) is 5.02 Å². The van der Waals surface area contributed by atoms with Crippen LogP contribution in [0.1, 0.15) is 22.0 Å². The molecule has 0 saturated carbocycles. The fourth-order valence-corrected chi connectivity index (χ4v) is 3.86. The Balaban J connectivity index is 1.77. The molecule has 9 heteroatoms. The monoisotopic (exact) mass is 445 g/mol. The number of likely N-dealkylation sites (N-methyl/N-ethyl adjacent to an activating group) is 1. The molecule has 31 heavy (non-hydrogen) atoms. The van der Waals surface area contributed by atoms with Gasteiger partial charge in [-0.3, -0.25) is 19.8 Å². The molecular weight excluding hydrogens is 418 g/mol. The van der Waals surface area contributed by atoms with Crippen molar-refractivity contribution in [3.8, 4) is 0 Å². The second-order valence-corrected chi connectivity index (χ2v) is 8.38. The SMILES string of the molecule is CN1CCN(C(CNC(=O)c2ccc(Cl)c([N+](=O)[O-])c2)c2ccc(N(C)C)cc2)CC1. The molecule has 1 saturated heterocycles. The van der Waals surface area contributed by atoms with Crippen LogP contribution in [0, 0.1) is 10.1 Å². The lowest BCUT2D eigenvalue weighted by molar-refractivity contribution is -0.384. The summed E-state index contributed by atoms with van der Waals surface area (Å²) < 4.78 is 0. The first kappa shape index (κ1) is 23.0. The molecule has 3 rings (SSSR count). The van der Waals surface area contributed by atoms with Crippen molar-refractivity contribution in [1.29, 1.82) is 0 Å². The van der Waals surface area contributed by atoms with Crippen molar-refractivity contribution in [3.63, 3.8) is 0 Å². The third-order valence-electron chi connectivity index (χ3n) is 5.63. The van der Waals surface area contributed by atoms with Crippen LogP contribution in [0.5, 0.6) is 0 Å². The van der Waals surface area contributed by atoms with E-state index in [0.29, 0.717) is 6.54 Å². The van der Waals surface area contributed by atoms with E-state index >= 15 is 0 Å². The summed E-state index contributed by atoms with van der Waals surface area (Å²) in [4.78, 5) is 30.0. The number of halogens is 1. The third-order valence-corrected chi connectivity index (χ3v) is 5.95. The van der Waals surface area contributed by atoms with Gasteiger partial charge in [0, 0.05) is 64.1 Å². The molecule has 1 heterocycles. The molecule has 0 spiro atoms. The highest BCUT2D eigenvalue weighted by molar-refractivity contribution is 6.32. The summed E-state index contributed by atoms with van der Waals surface area (Å²) in [6.07, 6.45) is 0. The van der Waals surface area contributed by atoms with E-state index in [4.69, 9.17) is 11.6 Å². The first-order valence-corrected chi connectivity index (χ1v) is 10.6. The molecule has 2 aromatic rings. The van der Waals surface area contributed by atoms with Crippen LogP contribution in [-0.4, -0.2) is 74.5 Å². The molecule has 1 aliphatic heterocycles. The molecule has 1 amide bonds. The van der Waals surface area contributed by atoms with Gasteiger partial charge >= 0.3 is 0 Å². The van der Waals surface area contributed by atoms with Gasteiger partial charge in [0.1, 0.15) is 5.02 Å². The Morgan fingerprint density at radius 2 is 1.81 bits per heavy atom. The number of nitro benzene ring substituents is 1. The second-order valence-electron chi connectivity index (χ2n) is 7.97. The van der Waals surface area contributed by atoms with Gasteiger partial charge in [-0.25, -0.2) is 0 Å². The normalized spacial score (nSPS) is 16.0. The van der Waals surface area contributed by atoms with Gasteiger partial charge in [0.15, 0.2) is 0 Å². The number of carbonyl (C=O) groups is 1. The van der Waals surface area contributed by atoms with Gasteiger partial charge in [-0.1, -0.05) is 23.7 Å². The summed E-state index contributed by atoms with van der Waals surface area (Å²) >= 11 is 5.86. The molecule has 0 aliphatic carbocycles. The number of nitro groups is 1. The molecular formula is C22H28ClN5O3. The van der Waals surface area contributed by atoms with Crippen LogP contribution in [0.3, 0.4) is 0 Å². The maximum atomic E-state index is 12.7. The van der Waals surface area contributed by atoms with E-state index in [0.717, 1.165) is 37.4 Å². The molecule has 0 aromatic heterocycles. The minimum atomic E-state index is -0.585. The van der Waals surface area contributed by atoms with E-state index < -0.39 is 4.92 Å². The predicted octanol–water partition coefficient (Wildman–Crippen LogP) is 3.03. The van der Waals surface area contributed by atoms with Crippen LogP contribution >= 0.6 is 11.6 Å². The zero-order valence-electron chi connectivity index (χ0n) is 18.0. The molecule has 0 bridgehead atoms. The maximum absolute atomic E-state index is 12.7. The summed E-state index contributed by atoms with van der Waals surface area (Å²) in [5.41, 5.74) is 2.18. The van der Waals surface area contributed by atoms with Gasteiger partial charge in [0.05, 0.1) is 11.0 Å². The van der Waals surface area contributed by atoms with Gasteiger partial charge in [0.2, 0.25) is 0 Å². The second kappa shape index (κ2) is 10.1. The molecule has 166 valence electrons. The summed E-state index contributed by atoms with van der Waals surface area (Å²) in [5.74, 6) is -0.358. The van der Waals surface area contributed by atoms with Crippen LogP contribution in [0.4, 0.5) is 11.4 Å². The van der Waals surface area contributed by atoms with Crippen molar-refractivity contribution in [2.75, 3.05) is 58.8 Å². The molecule has 1 N–H and O–H groups in total. The molecule has 1 atom stereocenters. The first-order valence-electron chi connectivity index (χ1n) is 10.2. The Bertz CT molecular complexity index is 927. The number of carbonyl (C=O) groups excluding carboxylic acids is 1. The fraction of sp³-hybridized carbons (Fsp3) is 0.409. The van der Waals surface area contributed by atoms with Crippen molar-refractivity contribution < 1.29 is 9.72 Å². The maximum Gasteiger partial charge on any atom is 0.288 e. The van der Waals surface area contributed by atoms with Crippen LogP contribution in [-0.2, 0) is 0 Å². The Morgan fingerprint density at radius 3 is 2.39 bits per heavy atom. The number of rotatable bonds is 7. The van der Waals surface area contributed by atoms with Crippen molar-refractivity contribution in [1.82, 2.24) is 15.1 Å². The number of hydrogen-bond donors (Lipinski definition) is 1. The van der Waals surface area contributed by atoms with Gasteiger partial charge in [-0.15, -0.1) is 0 Å². The van der Waals surface area contributed by atoms with Crippen molar-refractivity contribution in [2.24, 2.45) is 0 Å². The van der Waals surface area contributed by atoms with E-state index in [1.54, 1.807) is 0 Å². The Morgan fingerprint density at radius 1 is 1.16 bits per heavy atom. The van der Waals surface area contributed by atoms with Gasteiger partial charge < -0.3 is 15.1 Å². The van der Waals surface area contributed by atoms with E-state index in [2.05, 4.69) is 46.4 Å². The largest absolute Gasteiger partial charge is 0.378 e. The van der Waals surface area contributed by atoms with E-state index in [1.165, 1.54) is 18.2 Å². The molecule has 1 fully saturated rings. The lowest BCUT2D eigenvalue weighted by atomic mass is 10.0. The van der Waals surface area contributed by atoms with Crippen molar-refractivity contribution in [3.05, 3.63) is 68.7 Å². The number of benzene rings is 2. The van der Waals surface area contributed by atoms with Crippen molar-refractivity contribution in [2.45, 2.75) is 6.04 Å². The zero-order chi connectivity index (χ0) is 22.5. The lowest BCUT2D eigenvalue weighted by Gasteiger charge is -2.38. The van der Waals surface area contributed by atoms with E-state index in [1.807, 2.05) is 19.0 Å². The molecule has 2 aromatic carbocycles. The highest BCUT2D eigenvalue weighted by Gasteiger charge is 2.25. The van der Waals surface area contributed by atoms with Crippen LogP contribution < -0.4 is 10.2 Å². The molecule has 8 nitrogen and oxygen atoms in total. The average Bonchev–Trinajstić information content (AvgIpc) is 2.75. The number of anilines is 1. The molecule has 0 radical (unpaired) electrons. The molecule has 1 unspecified atom stereocenters. The quantitative estimate of drug-likeness (QED) is 0.521. The minimum Gasteiger partial charge on any atom is -0.378 e. The summed E-state index contributed by atoms with van der Waals surface area (Å²) in [6, 6.07) is 12.4. The average molecular weight is 446 g/mol. The summed E-state index contributed by atoms with van der Waals surface area (Å²) in [7, 11) is 6.10. The van der Waals surface area contributed by atoms with Gasteiger partial charge in [-0.05, 0) is 36.9 Å². The number of hydrogen-bond acceptors (Lipinski definition) is 6. The topological polar surface area (TPSA) is 82.0 Å². The fourth-order valence-electron chi connectivity index (χ4n) is 3.67. The van der Waals surface area contributed by atoms with Crippen LogP contribution in [0.15, 0.2) is 42.5 Å². The predicted molar refractivity (Wildman–Crippen MR) is 123 cm³/mol. The van der Waals surface area contributed by atoms with E-state index in [-0.39, 0.29) is 28.2 Å². The van der Waals surface area contributed by atoms with Gasteiger partial charge in [-0.2, -0.15) is 0 Å². The standard InChI is InChI=1S/C22H28ClN5O3/c1-25(2)18-7-4-16(5-8-18)21(27-12-10-26(3)11-13-27)15-24-22(29)17-6-9-19(23)20(14-17)28(30)31/h4-9,14,21H,10-13,15H2,1-3H3,(H,24,29). The number of nitrogens with one attached hydrogen (secondary N) is 1. The summed E-state index contributed by atoms with van der Waals surface area (Å²) in [6.45, 7) is 4.13. The Kier molecular flexibility index (Phi) is 7.48.